The molecule has 4 rings (SSSR count). The van der Waals surface area contributed by atoms with Crippen molar-refractivity contribution in [2.75, 3.05) is 13.1 Å². The van der Waals surface area contributed by atoms with Gasteiger partial charge in [0.25, 0.3) is 5.56 Å². The van der Waals surface area contributed by atoms with Crippen LogP contribution in [-0.2, 0) is 16.1 Å². The van der Waals surface area contributed by atoms with Gasteiger partial charge in [-0.1, -0.05) is 19.3 Å². The Labute approximate surface area is 174 Å². The number of carbonyl (C=O) groups is 2. The van der Waals surface area contributed by atoms with Gasteiger partial charge in [0, 0.05) is 25.0 Å². The Morgan fingerprint density at radius 3 is 2.57 bits per heavy atom. The first-order chi connectivity index (χ1) is 14.5. The molecule has 0 unspecified atom stereocenters. The first-order valence-electron chi connectivity index (χ1n) is 10.7. The minimum absolute atomic E-state index is 0.0190. The summed E-state index contributed by atoms with van der Waals surface area (Å²) in [5.41, 5.74) is -0.0457. The molecule has 2 amide bonds. The van der Waals surface area contributed by atoms with Gasteiger partial charge in [-0.15, -0.1) is 0 Å². The molecule has 2 heterocycles. The highest BCUT2D eigenvalue weighted by Gasteiger charge is 2.29. The first kappa shape index (κ1) is 20.5. The Kier molecular flexibility index (Phi) is 6.11. The van der Waals surface area contributed by atoms with Crippen LogP contribution in [-0.4, -0.2) is 45.4 Å². The lowest BCUT2D eigenvalue weighted by Crippen LogP contribution is -2.49. The average molecular weight is 414 g/mol. The maximum absolute atomic E-state index is 13.4. The Morgan fingerprint density at radius 1 is 1.10 bits per heavy atom. The van der Waals surface area contributed by atoms with Crippen LogP contribution < -0.4 is 10.9 Å². The molecule has 0 bridgehead atoms. The number of nitrogens with zero attached hydrogens (tertiary/aromatic N) is 3. The average Bonchev–Trinajstić information content (AvgIpc) is 2.77. The second-order valence-corrected chi connectivity index (χ2v) is 8.34. The number of fused-ring (bicyclic) bond motifs is 1. The van der Waals surface area contributed by atoms with Crippen molar-refractivity contribution in [2.45, 2.75) is 57.5 Å². The molecule has 7 nitrogen and oxygen atoms in total. The molecule has 1 saturated heterocycles. The van der Waals surface area contributed by atoms with Gasteiger partial charge in [-0.05, 0) is 43.9 Å². The highest BCUT2D eigenvalue weighted by atomic mass is 19.1. The highest BCUT2D eigenvalue weighted by molar-refractivity contribution is 5.80. The number of hydrogen-bond donors (Lipinski definition) is 1. The number of nitrogens with one attached hydrogen (secondary N) is 1. The van der Waals surface area contributed by atoms with Crippen LogP contribution in [0.5, 0.6) is 0 Å². The SMILES string of the molecule is O=C(Cn1cnc2ccc(F)cc2c1=O)NC1CCN(C(=O)C2CCCCC2)CC1. The summed E-state index contributed by atoms with van der Waals surface area (Å²) in [7, 11) is 0. The quantitative estimate of drug-likeness (QED) is 0.832. The molecule has 0 radical (unpaired) electrons. The third kappa shape index (κ3) is 4.52. The first-order valence-corrected chi connectivity index (χ1v) is 10.7. The van der Waals surface area contributed by atoms with Crippen LogP contribution in [0.3, 0.4) is 0 Å². The molecule has 1 saturated carbocycles. The van der Waals surface area contributed by atoms with Gasteiger partial charge in [-0.25, -0.2) is 9.37 Å². The van der Waals surface area contributed by atoms with E-state index < -0.39 is 11.4 Å². The van der Waals surface area contributed by atoms with Crippen LogP contribution in [0.1, 0.15) is 44.9 Å². The van der Waals surface area contributed by atoms with E-state index in [4.69, 9.17) is 0 Å². The molecule has 1 aromatic carbocycles. The van der Waals surface area contributed by atoms with E-state index >= 15 is 0 Å². The number of carbonyl (C=O) groups excluding carboxylic acids is 2. The van der Waals surface area contributed by atoms with Crippen molar-refractivity contribution in [3.05, 3.63) is 40.7 Å². The van der Waals surface area contributed by atoms with E-state index in [9.17, 15) is 18.8 Å². The van der Waals surface area contributed by atoms with Gasteiger partial charge in [0.2, 0.25) is 11.8 Å². The fourth-order valence-electron chi connectivity index (χ4n) is 4.52. The van der Waals surface area contributed by atoms with Crippen molar-refractivity contribution in [1.82, 2.24) is 19.8 Å². The van der Waals surface area contributed by atoms with Crippen molar-refractivity contribution in [1.29, 1.82) is 0 Å². The van der Waals surface area contributed by atoms with Gasteiger partial charge in [-0.3, -0.25) is 19.0 Å². The van der Waals surface area contributed by atoms with Crippen LogP contribution in [0.15, 0.2) is 29.3 Å². The van der Waals surface area contributed by atoms with Crippen molar-refractivity contribution in [2.24, 2.45) is 5.92 Å². The number of halogens is 1. The Balaban J connectivity index is 1.31. The van der Waals surface area contributed by atoms with Crippen molar-refractivity contribution in [3.8, 4) is 0 Å². The number of likely N-dealkylation sites (tertiary alicyclic amines) is 1. The summed E-state index contributed by atoms with van der Waals surface area (Å²) in [4.78, 5) is 43.7. The molecule has 1 N–H and O–H groups in total. The number of piperidine rings is 1. The second-order valence-electron chi connectivity index (χ2n) is 8.34. The number of aromatic nitrogens is 2. The van der Waals surface area contributed by atoms with Crippen molar-refractivity contribution < 1.29 is 14.0 Å². The van der Waals surface area contributed by atoms with Crippen LogP contribution in [0.25, 0.3) is 10.9 Å². The monoisotopic (exact) mass is 414 g/mol. The van der Waals surface area contributed by atoms with Crippen LogP contribution >= 0.6 is 0 Å². The van der Waals surface area contributed by atoms with Crippen molar-refractivity contribution >= 4 is 22.7 Å². The van der Waals surface area contributed by atoms with Crippen LogP contribution in [0.4, 0.5) is 4.39 Å². The third-order valence-electron chi connectivity index (χ3n) is 6.23. The van der Waals surface area contributed by atoms with Gasteiger partial charge in [0.05, 0.1) is 17.2 Å². The Hall–Kier alpha value is -2.77. The minimum Gasteiger partial charge on any atom is -0.352 e. The summed E-state index contributed by atoms with van der Waals surface area (Å²) in [5.74, 6) is -0.368. The molecule has 30 heavy (non-hydrogen) atoms. The van der Waals surface area contributed by atoms with E-state index in [2.05, 4.69) is 10.3 Å². The Bertz CT molecular complexity index is 992. The lowest BCUT2D eigenvalue weighted by atomic mass is 9.87. The standard InChI is InChI=1S/C22H27FN4O3/c23-16-6-7-19-18(12-16)22(30)27(14-24-19)13-20(28)25-17-8-10-26(11-9-17)21(29)15-4-2-1-3-5-15/h6-7,12,14-15,17H,1-5,8-11,13H2,(H,25,28). The zero-order chi connectivity index (χ0) is 21.1. The summed E-state index contributed by atoms with van der Waals surface area (Å²) in [6.45, 7) is 1.13. The lowest BCUT2D eigenvalue weighted by molar-refractivity contribution is -0.137. The smallest absolute Gasteiger partial charge is 0.261 e. The molecular weight excluding hydrogens is 387 g/mol. The van der Waals surface area contributed by atoms with E-state index in [1.165, 1.54) is 29.4 Å². The van der Waals surface area contributed by atoms with Gasteiger partial charge < -0.3 is 10.2 Å². The lowest BCUT2D eigenvalue weighted by Gasteiger charge is -2.35. The van der Waals surface area contributed by atoms with Crippen molar-refractivity contribution in [3.63, 3.8) is 0 Å². The van der Waals surface area contributed by atoms with E-state index in [1.807, 2.05) is 4.90 Å². The summed E-state index contributed by atoms with van der Waals surface area (Å²) in [6, 6.07) is 3.81. The number of benzene rings is 1. The Morgan fingerprint density at radius 2 is 1.83 bits per heavy atom. The molecule has 2 aromatic rings. The molecule has 160 valence electrons. The minimum atomic E-state index is -0.516. The zero-order valence-corrected chi connectivity index (χ0v) is 17.0. The molecule has 2 fully saturated rings. The predicted molar refractivity (Wildman–Crippen MR) is 110 cm³/mol. The maximum Gasteiger partial charge on any atom is 0.261 e. The molecule has 0 atom stereocenters. The normalized spacial score (nSPS) is 18.5. The zero-order valence-electron chi connectivity index (χ0n) is 17.0. The van der Waals surface area contributed by atoms with E-state index in [-0.39, 0.29) is 35.7 Å². The second kappa shape index (κ2) is 8.93. The molecule has 8 heteroatoms. The summed E-state index contributed by atoms with van der Waals surface area (Å²) < 4.78 is 14.6. The summed E-state index contributed by atoms with van der Waals surface area (Å²) in [6.07, 6.45) is 8.22. The topological polar surface area (TPSA) is 84.3 Å². The maximum atomic E-state index is 13.4. The summed E-state index contributed by atoms with van der Waals surface area (Å²) in [5, 5.41) is 3.11. The molecule has 1 aliphatic heterocycles. The van der Waals surface area contributed by atoms with E-state index in [1.54, 1.807) is 0 Å². The fourth-order valence-corrected chi connectivity index (χ4v) is 4.52. The fraction of sp³-hybridized carbons (Fsp3) is 0.545. The molecule has 2 aliphatic rings. The number of amides is 2. The summed E-state index contributed by atoms with van der Waals surface area (Å²) >= 11 is 0. The highest BCUT2D eigenvalue weighted by Crippen LogP contribution is 2.26. The van der Waals surface area contributed by atoms with Gasteiger partial charge >= 0.3 is 0 Å². The van der Waals surface area contributed by atoms with Gasteiger partial charge in [0.1, 0.15) is 12.4 Å². The largest absolute Gasteiger partial charge is 0.352 e. The molecule has 1 aliphatic carbocycles. The molecule has 0 spiro atoms. The molecule has 1 aromatic heterocycles. The molecular formula is C22H27FN4O3. The van der Waals surface area contributed by atoms with E-state index in [0.29, 0.717) is 31.4 Å². The van der Waals surface area contributed by atoms with Crippen LogP contribution in [0, 0.1) is 11.7 Å². The predicted octanol–water partition coefficient (Wildman–Crippen LogP) is 2.22. The number of rotatable bonds is 4. The number of hydrogen-bond acceptors (Lipinski definition) is 4. The van der Waals surface area contributed by atoms with Crippen LogP contribution in [0.2, 0.25) is 0 Å². The third-order valence-corrected chi connectivity index (χ3v) is 6.23. The van der Waals surface area contributed by atoms with Gasteiger partial charge in [-0.2, -0.15) is 0 Å². The van der Waals surface area contributed by atoms with E-state index in [0.717, 1.165) is 31.7 Å². The van der Waals surface area contributed by atoms with Gasteiger partial charge in [0.15, 0.2) is 0 Å².